The molecule has 8 heteroatoms. The van der Waals surface area contributed by atoms with E-state index in [4.69, 9.17) is 5.11 Å². The number of aliphatic hydroxyl groups is 8. The Kier molecular flexibility index (Phi) is 11.1. The maximum absolute atomic E-state index is 9.78. The molecule has 8 nitrogen and oxygen atoms in total. The lowest BCUT2D eigenvalue weighted by Gasteiger charge is -2.32. The van der Waals surface area contributed by atoms with Gasteiger partial charge in [0.1, 0.15) is 30.5 Å². The Morgan fingerprint density at radius 2 is 1.00 bits per heavy atom. The maximum atomic E-state index is 9.78. The van der Waals surface area contributed by atoms with Crippen molar-refractivity contribution in [2.75, 3.05) is 6.61 Å². The van der Waals surface area contributed by atoms with Crippen LogP contribution in [-0.4, -0.2) is 90.2 Å². The Hall–Kier alpha value is -0.320. The number of hydrogen-bond acceptors (Lipinski definition) is 8. The molecule has 0 unspecified atom stereocenters. The fourth-order valence-corrected chi connectivity index (χ4v) is 2.16. The average molecular weight is 326 g/mol. The molecule has 0 bridgehead atoms. The molecule has 0 rings (SSSR count). The summed E-state index contributed by atoms with van der Waals surface area (Å²) in [5, 5.41) is 76.6. The van der Waals surface area contributed by atoms with Gasteiger partial charge in [-0.2, -0.15) is 0 Å². The van der Waals surface area contributed by atoms with Crippen molar-refractivity contribution >= 4 is 0 Å². The molecule has 0 aliphatic heterocycles. The first-order valence-corrected chi connectivity index (χ1v) is 7.65. The highest BCUT2D eigenvalue weighted by Gasteiger charge is 2.38. The molecule has 8 N–H and O–H groups in total. The van der Waals surface area contributed by atoms with Crippen LogP contribution in [0.25, 0.3) is 0 Å². The van der Waals surface area contributed by atoms with Gasteiger partial charge in [0.25, 0.3) is 0 Å². The largest absolute Gasteiger partial charge is 0.396 e. The molecule has 0 saturated heterocycles. The molecule has 134 valence electrons. The third-order valence-electron chi connectivity index (χ3n) is 3.68. The van der Waals surface area contributed by atoms with Crippen LogP contribution >= 0.6 is 0 Å². The van der Waals surface area contributed by atoms with E-state index in [0.717, 1.165) is 0 Å². The van der Waals surface area contributed by atoms with E-state index in [0.29, 0.717) is 19.3 Å². The van der Waals surface area contributed by atoms with Gasteiger partial charge in [-0.1, -0.05) is 13.3 Å². The van der Waals surface area contributed by atoms with Crippen LogP contribution in [0.2, 0.25) is 0 Å². The van der Waals surface area contributed by atoms with E-state index < -0.39 is 42.7 Å². The Balaban J connectivity index is 4.51. The molecule has 0 aromatic carbocycles. The fourth-order valence-electron chi connectivity index (χ4n) is 2.16. The van der Waals surface area contributed by atoms with Crippen molar-refractivity contribution in [2.45, 2.75) is 81.8 Å². The minimum Gasteiger partial charge on any atom is -0.396 e. The van der Waals surface area contributed by atoms with Crippen molar-refractivity contribution < 1.29 is 40.9 Å². The van der Waals surface area contributed by atoms with Crippen LogP contribution < -0.4 is 0 Å². The fraction of sp³-hybridized carbons (Fsp3) is 1.00. The molecule has 0 aliphatic rings. The molecule has 22 heavy (non-hydrogen) atoms. The van der Waals surface area contributed by atoms with E-state index in [2.05, 4.69) is 0 Å². The molecule has 0 aromatic rings. The smallest absolute Gasteiger partial charge is 0.111 e. The predicted octanol–water partition coefficient (Wildman–Crippen LogP) is -2.52. The van der Waals surface area contributed by atoms with E-state index >= 15 is 0 Å². The van der Waals surface area contributed by atoms with E-state index in [1.165, 1.54) is 0 Å². The lowest BCUT2D eigenvalue weighted by Crippen LogP contribution is -2.54. The summed E-state index contributed by atoms with van der Waals surface area (Å²) in [4.78, 5) is 0. The summed E-state index contributed by atoms with van der Waals surface area (Å²) in [7, 11) is 0. The highest BCUT2D eigenvalue weighted by Crippen LogP contribution is 2.16. The van der Waals surface area contributed by atoms with Gasteiger partial charge in [0.2, 0.25) is 0 Å². The Morgan fingerprint density at radius 1 is 0.591 bits per heavy atom. The van der Waals surface area contributed by atoms with Gasteiger partial charge in [0.05, 0.1) is 12.2 Å². The van der Waals surface area contributed by atoms with Gasteiger partial charge in [0.15, 0.2) is 0 Å². The van der Waals surface area contributed by atoms with Crippen LogP contribution in [0.1, 0.15) is 39.0 Å². The van der Waals surface area contributed by atoms with Crippen molar-refractivity contribution in [1.82, 2.24) is 0 Å². The van der Waals surface area contributed by atoms with Crippen LogP contribution in [0.4, 0.5) is 0 Å². The van der Waals surface area contributed by atoms with Gasteiger partial charge >= 0.3 is 0 Å². The minimum atomic E-state index is -1.93. The number of hydrogen-bond donors (Lipinski definition) is 8. The quantitative estimate of drug-likeness (QED) is 0.182. The van der Waals surface area contributed by atoms with Crippen LogP contribution in [0.15, 0.2) is 0 Å². The summed E-state index contributed by atoms with van der Waals surface area (Å²) < 4.78 is 0. The summed E-state index contributed by atoms with van der Waals surface area (Å²) in [6.45, 7) is 1.70. The molecule has 0 aromatic heterocycles. The lowest BCUT2D eigenvalue weighted by molar-refractivity contribution is -0.167. The van der Waals surface area contributed by atoms with Crippen LogP contribution in [-0.2, 0) is 0 Å². The van der Waals surface area contributed by atoms with Crippen LogP contribution in [0.3, 0.4) is 0 Å². The van der Waals surface area contributed by atoms with Crippen LogP contribution in [0, 0.1) is 0 Å². The zero-order chi connectivity index (χ0) is 17.3. The highest BCUT2D eigenvalue weighted by atomic mass is 16.4. The number of rotatable bonds is 12. The third-order valence-corrected chi connectivity index (χ3v) is 3.68. The second-order valence-electron chi connectivity index (χ2n) is 5.60. The molecule has 0 radical (unpaired) electrons. The molecule has 7 atom stereocenters. The predicted molar refractivity (Wildman–Crippen MR) is 77.9 cm³/mol. The third kappa shape index (κ3) is 6.84. The number of unbranched alkanes of at least 4 members (excludes halogenated alkanes) is 1. The van der Waals surface area contributed by atoms with Gasteiger partial charge in [0, 0.05) is 6.61 Å². The molecule has 0 fully saturated rings. The Bertz CT molecular complexity index is 278. The van der Waals surface area contributed by atoms with Gasteiger partial charge < -0.3 is 40.9 Å². The second-order valence-corrected chi connectivity index (χ2v) is 5.60. The topological polar surface area (TPSA) is 162 Å². The first kappa shape index (κ1) is 21.7. The van der Waals surface area contributed by atoms with E-state index in [1.54, 1.807) is 6.92 Å². The van der Waals surface area contributed by atoms with E-state index in [-0.39, 0.29) is 19.4 Å². The second kappa shape index (κ2) is 11.3. The Labute approximate surface area is 130 Å². The molecule has 0 spiro atoms. The molecule has 0 amide bonds. The first-order valence-electron chi connectivity index (χ1n) is 7.65. The van der Waals surface area contributed by atoms with Gasteiger partial charge in [-0.15, -0.1) is 0 Å². The summed E-state index contributed by atoms with van der Waals surface area (Å²) in [5.74, 6) is 0. The maximum Gasteiger partial charge on any atom is 0.111 e. The van der Waals surface area contributed by atoms with Gasteiger partial charge in [-0.3, -0.25) is 0 Å². The van der Waals surface area contributed by atoms with Crippen molar-refractivity contribution in [3.8, 4) is 0 Å². The minimum absolute atomic E-state index is 0.0613. The molecule has 0 aliphatic carbocycles. The van der Waals surface area contributed by atoms with Crippen molar-refractivity contribution in [1.29, 1.82) is 0 Å². The van der Waals surface area contributed by atoms with Gasteiger partial charge in [-0.05, 0) is 25.7 Å². The lowest BCUT2D eigenvalue weighted by atomic mass is 9.92. The zero-order valence-electron chi connectivity index (χ0n) is 12.9. The Morgan fingerprint density at radius 3 is 1.41 bits per heavy atom. The molecular formula is C14H30O8. The SMILES string of the molecule is CCC[C@@H](O)[C@@H](O)[C@@H](O)[C@H](O)[C@@H](O)[C@H](O)[C@@H](O)CCCCO. The summed E-state index contributed by atoms with van der Waals surface area (Å²) in [5.41, 5.74) is 0. The highest BCUT2D eigenvalue weighted by molar-refractivity contribution is 4.89. The number of aliphatic hydroxyl groups excluding tert-OH is 8. The standard InChI is InChI=1S/C14H30O8/c1-2-5-8(16)10(18)12(20)14(22)13(21)11(19)9(17)6-3-4-7-15/h8-22H,2-7H2,1H3/t8-,9+,10-,11-,12-,13+,14+/m1/s1. The average Bonchev–Trinajstić information content (AvgIpc) is 2.51. The molecule has 0 heterocycles. The summed E-state index contributed by atoms with van der Waals surface area (Å²) in [6.07, 6.45) is -10.0. The first-order chi connectivity index (χ1) is 10.3. The van der Waals surface area contributed by atoms with Gasteiger partial charge in [-0.25, -0.2) is 0 Å². The van der Waals surface area contributed by atoms with Crippen molar-refractivity contribution in [3.05, 3.63) is 0 Å². The van der Waals surface area contributed by atoms with E-state index in [9.17, 15) is 35.7 Å². The molecular weight excluding hydrogens is 296 g/mol. The summed E-state index contributed by atoms with van der Waals surface area (Å²) >= 11 is 0. The normalized spacial score (nSPS) is 21.7. The zero-order valence-corrected chi connectivity index (χ0v) is 12.9. The summed E-state index contributed by atoms with van der Waals surface area (Å²) in [6, 6.07) is 0. The molecule has 0 saturated carbocycles. The van der Waals surface area contributed by atoms with Crippen LogP contribution in [0.5, 0.6) is 0 Å². The van der Waals surface area contributed by atoms with Crippen molar-refractivity contribution in [2.24, 2.45) is 0 Å². The monoisotopic (exact) mass is 326 g/mol. The van der Waals surface area contributed by atoms with E-state index in [1.807, 2.05) is 0 Å². The van der Waals surface area contributed by atoms with Crippen molar-refractivity contribution in [3.63, 3.8) is 0 Å².